The molecular formula is C25H27N3O2. The summed E-state index contributed by atoms with van der Waals surface area (Å²) in [6.45, 7) is 1.87. The van der Waals surface area contributed by atoms with Crippen LogP contribution in [0.2, 0.25) is 0 Å². The third-order valence-electron chi connectivity index (χ3n) is 6.28. The van der Waals surface area contributed by atoms with Crippen LogP contribution >= 0.6 is 0 Å². The maximum atomic E-state index is 5.55. The van der Waals surface area contributed by atoms with Crippen molar-refractivity contribution < 1.29 is 9.47 Å². The lowest BCUT2D eigenvalue weighted by atomic mass is 9.82. The first-order valence-electron chi connectivity index (χ1n) is 10.4. The number of nitrogens with zero attached hydrogens (tertiary/aromatic N) is 1. The molecular weight excluding hydrogens is 374 g/mol. The molecule has 5 rings (SSSR count). The van der Waals surface area contributed by atoms with Gasteiger partial charge in [-0.3, -0.25) is 0 Å². The Morgan fingerprint density at radius 2 is 1.57 bits per heavy atom. The molecule has 0 aromatic heterocycles. The molecule has 1 fully saturated rings. The molecule has 0 saturated carbocycles. The van der Waals surface area contributed by atoms with Crippen molar-refractivity contribution in [2.24, 2.45) is 5.92 Å². The van der Waals surface area contributed by atoms with Gasteiger partial charge in [-0.05, 0) is 34.9 Å². The van der Waals surface area contributed by atoms with Gasteiger partial charge in [0.25, 0.3) is 0 Å². The summed E-state index contributed by atoms with van der Waals surface area (Å²) in [4.78, 5) is 2.51. The summed E-state index contributed by atoms with van der Waals surface area (Å²) >= 11 is 0. The number of methoxy groups -OCH3 is 2. The number of hydrogen-bond donors (Lipinski definition) is 2. The van der Waals surface area contributed by atoms with Crippen LogP contribution in [0.25, 0.3) is 0 Å². The normalized spacial score (nSPS) is 22.3. The Labute approximate surface area is 177 Å². The SMILES string of the molecule is COc1ccc(C2NNC3c4ccccc4N(Cc4ccccc4)CC23)cc1OC. The molecule has 5 nitrogen and oxygen atoms in total. The van der Waals surface area contributed by atoms with Crippen LogP contribution in [0, 0.1) is 5.92 Å². The van der Waals surface area contributed by atoms with Crippen LogP contribution in [0.15, 0.2) is 72.8 Å². The van der Waals surface area contributed by atoms with Gasteiger partial charge in [0.15, 0.2) is 11.5 Å². The molecule has 5 heteroatoms. The zero-order chi connectivity index (χ0) is 20.5. The zero-order valence-corrected chi connectivity index (χ0v) is 17.3. The van der Waals surface area contributed by atoms with Gasteiger partial charge in [0.05, 0.1) is 26.3 Å². The summed E-state index contributed by atoms with van der Waals surface area (Å²) in [6.07, 6.45) is 0. The van der Waals surface area contributed by atoms with Gasteiger partial charge in [0.2, 0.25) is 0 Å². The Balaban J connectivity index is 1.49. The standard InChI is InChI=1S/C25H27N3O2/c1-29-22-13-12-18(14-23(22)30-2)24-20-16-28(15-17-8-4-3-5-9-17)21-11-7-6-10-19(21)25(20)27-26-24/h3-14,20,24-27H,15-16H2,1-2H3. The minimum absolute atomic E-state index is 0.182. The maximum absolute atomic E-state index is 5.55. The van der Waals surface area contributed by atoms with E-state index in [9.17, 15) is 0 Å². The molecule has 3 aromatic rings. The van der Waals surface area contributed by atoms with Crippen molar-refractivity contribution >= 4 is 5.69 Å². The molecule has 0 bridgehead atoms. The van der Waals surface area contributed by atoms with E-state index in [-0.39, 0.29) is 12.1 Å². The van der Waals surface area contributed by atoms with E-state index in [0.29, 0.717) is 5.92 Å². The van der Waals surface area contributed by atoms with Crippen molar-refractivity contribution in [1.29, 1.82) is 0 Å². The molecule has 2 heterocycles. The van der Waals surface area contributed by atoms with E-state index >= 15 is 0 Å². The summed E-state index contributed by atoms with van der Waals surface area (Å²) in [6, 6.07) is 26.1. The first-order valence-corrected chi connectivity index (χ1v) is 10.4. The average Bonchev–Trinajstić information content (AvgIpc) is 3.23. The summed E-state index contributed by atoms with van der Waals surface area (Å²) in [5.41, 5.74) is 12.3. The van der Waals surface area contributed by atoms with Gasteiger partial charge >= 0.3 is 0 Å². The van der Waals surface area contributed by atoms with E-state index in [1.165, 1.54) is 22.4 Å². The maximum Gasteiger partial charge on any atom is 0.161 e. The second kappa shape index (κ2) is 8.01. The molecule has 0 amide bonds. The van der Waals surface area contributed by atoms with Gasteiger partial charge in [-0.15, -0.1) is 0 Å². The van der Waals surface area contributed by atoms with Crippen molar-refractivity contribution in [1.82, 2.24) is 10.9 Å². The molecule has 154 valence electrons. The van der Waals surface area contributed by atoms with Gasteiger partial charge in [-0.1, -0.05) is 54.6 Å². The van der Waals surface area contributed by atoms with Crippen LogP contribution in [-0.2, 0) is 6.54 Å². The van der Waals surface area contributed by atoms with E-state index in [1.54, 1.807) is 14.2 Å². The predicted molar refractivity (Wildman–Crippen MR) is 119 cm³/mol. The van der Waals surface area contributed by atoms with Crippen LogP contribution in [0.3, 0.4) is 0 Å². The van der Waals surface area contributed by atoms with Crippen LogP contribution in [0.4, 0.5) is 5.69 Å². The quantitative estimate of drug-likeness (QED) is 0.670. The van der Waals surface area contributed by atoms with Crippen LogP contribution in [0.1, 0.15) is 28.8 Å². The van der Waals surface area contributed by atoms with Crippen LogP contribution < -0.4 is 25.2 Å². The molecule has 3 atom stereocenters. The second-order valence-electron chi connectivity index (χ2n) is 7.95. The predicted octanol–water partition coefficient (Wildman–Crippen LogP) is 4.23. The number of para-hydroxylation sites is 1. The summed E-state index contributed by atoms with van der Waals surface area (Å²) < 4.78 is 11.0. The number of nitrogens with one attached hydrogen (secondary N) is 2. The Kier molecular flexibility index (Phi) is 5.07. The molecule has 3 aromatic carbocycles. The third-order valence-corrected chi connectivity index (χ3v) is 6.28. The lowest BCUT2D eigenvalue weighted by Crippen LogP contribution is -2.39. The first-order chi connectivity index (χ1) is 14.8. The Hall–Kier alpha value is -3.02. The van der Waals surface area contributed by atoms with Crippen LogP contribution in [0.5, 0.6) is 11.5 Å². The zero-order valence-electron chi connectivity index (χ0n) is 17.3. The summed E-state index contributed by atoms with van der Waals surface area (Å²) in [5, 5.41) is 0. The van der Waals surface area contributed by atoms with Gasteiger partial charge in [-0.2, -0.15) is 0 Å². The largest absolute Gasteiger partial charge is 0.493 e. The first kappa shape index (κ1) is 19.0. The van der Waals surface area contributed by atoms with E-state index in [4.69, 9.17) is 9.47 Å². The molecule has 30 heavy (non-hydrogen) atoms. The summed E-state index contributed by atoms with van der Waals surface area (Å²) in [5.74, 6) is 1.91. The summed E-state index contributed by atoms with van der Waals surface area (Å²) in [7, 11) is 3.35. The van der Waals surface area contributed by atoms with Gasteiger partial charge in [0, 0.05) is 24.7 Å². The highest BCUT2D eigenvalue weighted by molar-refractivity contribution is 5.58. The molecule has 2 aliphatic heterocycles. The van der Waals surface area contributed by atoms with E-state index in [0.717, 1.165) is 24.6 Å². The fourth-order valence-corrected chi connectivity index (χ4v) is 4.83. The number of rotatable bonds is 5. The van der Waals surface area contributed by atoms with Crippen molar-refractivity contribution in [2.75, 3.05) is 25.7 Å². The van der Waals surface area contributed by atoms with Crippen molar-refractivity contribution in [3.05, 3.63) is 89.5 Å². The minimum atomic E-state index is 0.182. The second-order valence-corrected chi connectivity index (χ2v) is 7.95. The third kappa shape index (κ3) is 3.30. The molecule has 2 aliphatic rings. The number of benzene rings is 3. The molecule has 0 spiro atoms. The van der Waals surface area contributed by atoms with Crippen molar-refractivity contribution in [3.8, 4) is 11.5 Å². The Morgan fingerprint density at radius 3 is 2.37 bits per heavy atom. The fourth-order valence-electron chi connectivity index (χ4n) is 4.83. The molecule has 0 aliphatic carbocycles. The Morgan fingerprint density at radius 1 is 0.833 bits per heavy atom. The number of hydrogen-bond acceptors (Lipinski definition) is 5. The number of anilines is 1. The number of fused-ring (bicyclic) bond motifs is 3. The lowest BCUT2D eigenvalue weighted by Gasteiger charge is -2.39. The highest BCUT2D eigenvalue weighted by Crippen LogP contribution is 2.46. The van der Waals surface area contributed by atoms with E-state index in [2.05, 4.69) is 82.5 Å². The van der Waals surface area contributed by atoms with Crippen molar-refractivity contribution in [3.63, 3.8) is 0 Å². The highest BCUT2D eigenvalue weighted by atomic mass is 16.5. The molecule has 3 unspecified atom stereocenters. The fraction of sp³-hybridized carbons (Fsp3) is 0.280. The smallest absolute Gasteiger partial charge is 0.161 e. The minimum Gasteiger partial charge on any atom is -0.493 e. The molecule has 1 saturated heterocycles. The van der Waals surface area contributed by atoms with E-state index < -0.39 is 0 Å². The van der Waals surface area contributed by atoms with Gasteiger partial charge in [0.1, 0.15) is 0 Å². The number of ether oxygens (including phenoxy) is 2. The molecule has 0 radical (unpaired) electrons. The molecule has 2 N–H and O–H groups in total. The van der Waals surface area contributed by atoms with E-state index in [1.807, 2.05) is 6.07 Å². The van der Waals surface area contributed by atoms with Gasteiger partial charge in [-0.25, -0.2) is 10.9 Å². The lowest BCUT2D eigenvalue weighted by molar-refractivity contribution is 0.352. The topological polar surface area (TPSA) is 45.8 Å². The Bertz CT molecular complexity index is 1020. The highest BCUT2D eigenvalue weighted by Gasteiger charge is 2.43. The van der Waals surface area contributed by atoms with Gasteiger partial charge < -0.3 is 14.4 Å². The van der Waals surface area contributed by atoms with Crippen molar-refractivity contribution in [2.45, 2.75) is 18.6 Å². The average molecular weight is 402 g/mol. The van der Waals surface area contributed by atoms with Crippen LogP contribution in [-0.4, -0.2) is 20.8 Å². The number of hydrazine groups is 1. The monoisotopic (exact) mass is 401 g/mol.